The van der Waals surface area contributed by atoms with Gasteiger partial charge in [0.15, 0.2) is 18.2 Å². The molecule has 1 aliphatic rings. The van der Waals surface area contributed by atoms with Gasteiger partial charge in [0.1, 0.15) is 5.75 Å². The van der Waals surface area contributed by atoms with Crippen LogP contribution in [-0.4, -0.2) is 54.4 Å². The number of amides is 2. The molecule has 0 radical (unpaired) electrons. The molecule has 0 atom stereocenters. The average molecular weight is 374 g/mol. The van der Waals surface area contributed by atoms with E-state index in [9.17, 15) is 18.4 Å². The molecule has 27 heavy (non-hydrogen) atoms. The van der Waals surface area contributed by atoms with Gasteiger partial charge in [-0.2, -0.15) is 0 Å². The topological polar surface area (TPSA) is 49.9 Å². The Morgan fingerprint density at radius 3 is 2.30 bits per heavy atom. The number of benzene rings is 2. The highest BCUT2D eigenvalue weighted by Crippen LogP contribution is 2.17. The van der Waals surface area contributed by atoms with E-state index in [0.717, 1.165) is 17.7 Å². The predicted octanol–water partition coefficient (Wildman–Crippen LogP) is 2.64. The van der Waals surface area contributed by atoms with E-state index in [2.05, 4.69) is 0 Å². The van der Waals surface area contributed by atoms with Crippen LogP contribution in [0, 0.1) is 18.6 Å². The van der Waals surface area contributed by atoms with Crippen molar-refractivity contribution in [1.82, 2.24) is 9.80 Å². The zero-order valence-corrected chi connectivity index (χ0v) is 15.0. The highest BCUT2D eigenvalue weighted by atomic mass is 19.2. The third kappa shape index (κ3) is 4.42. The third-order valence-electron chi connectivity index (χ3n) is 4.53. The van der Waals surface area contributed by atoms with Gasteiger partial charge in [-0.05, 0) is 36.8 Å². The van der Waals surface area contributed by atoms with Gasteiger partial charge in [0.05, 0.1) is 0 Å². The van der Waals surface area contributed by atoms with Crippen LogP contribution in [0.3, 0.4) is 0 Å². The summed E-state index contributed by atoms with van der Waals surface area (Å²) >= 11 is 0. The van der Waals surface area contributed by atoms with E-state index >= 15 is 0 Å². The fourth-order valence-electron chi connectivity index (χ4n) is 2.92. The van der Waals surface area contributed by atoms with Crippen molar-refractivity contribution in [3.63, 3.8) is 0 Å². The van der Waals surface area contributed by atoms with Crippen molar-refractivity contribution in [2.75, 3.05) is 32.8 Å². The molecule has 2 aromatic rings. The molecule has 1 aliphatic heterocycles. The van der Waals surface area contributed by atoms with Gasteiger partial charge in [-0.1, -0.05) is 18.2 Å². The normalized spacial score (nSPS) is 14.2. The molecule has 0 unspecified atom stereocenters. The first-order valence-electron chi connectivity index (χ1n) is 8.66. The summed E-state index contributed by atoms with van der Waals surface area (Å²) < 4.78 is 31.9. The summed E-state index contributed by atoms with van der Waals surface area (Å²) in [5, 5.41) is 0. The molecular formula is C20H20F2N2O3. The van der Waals surface area contributed by atoms with Gasteiger partial charge in [-0.15, -0.1) is 0 Å². The Bertz CT molecular complexity index is 849. The molecule has 0 aromatic heterocycles. The maximum Gasteiger partial charge on any atom is 0.260 e. The van der Waals surface area contributed by atoms with Gasteiger partial charge in [0, 0.05) is 31.7 Å². The summed E-state index contributed by atoms with van der Waals surface area (Å²) in [5.74, 6) is -1.91. The van der Waals surface area contributed by atoms with Crippen LogP contribution >= 0.6 is 0 Å². The largest absolute Gasteiger partial charge is 0.484 e. The second-order valence-electron chi connectivity index (χ2n) is 6.36. The number of para-hydroxylation sites is 1. The van der Waals surface area contributed by atoms with Crippen LogP contribution in [0.15, 0.2) is 42.5 Å². The SMILES string of the molecule is Cc1ccccc1OCC(=O)N1CCN(C(=O)c2ccc(F)c(F)c2)CC1. The van der Waals surface area contributed by atoms with Crippen LogP contribution in [0.1, 0.15) is 15.9 Å². The van der Waals surface area contributed by atoms with Crippen molar-refractivity contribution in [3.8, 4) is 5.75 Å². The Balaban J connectivity index is 1.52. The lowest BCUT2D eigenvalue weighted by atomic mass is 10.1. The Labute approximate surface area is 156 Å². The summed E-state index contributed by atoms with van der Waals surface area (Å²) in [6.45, 7) is 3.23. The minimum atomic E-state index is -1.05. The molecule has 3 rings (SSSR count). The number of rotatable bonds is 4. The molecule has 7 heteroatoms. The fraction of sp³-hybridized carbons (Fsp3) is 0.300. The van der Waals surface area contributed by atoms with Gasteiger partial charge in [-0.25, -0.2) is 8.78 Å². The van der Waals surface area contributed by atoms with Crippen LogP contribution < -0.4 is 4.74 Å². The van der Waals surface area contributed by atoms with Gasteiger partial charge < -0.3 is 14.5 Å². The molecule has 2 amide bonds. The zero-order valence-electron chi connectivity index (χ0n) is 15.0. The molecule has 5 nitrogen and oxygen atoms in total. The first kappa shape index (κ1) is 18.8. The van der Waals surface area contributed by atoms with Gasteiger partial charge >= 0.3 is 0 Å². The second-order valence-corrected chi connectivity index (χ2v) is 6.36. The van der Waals surface area contributed by atoms with E-state index in [4.69, 9.17) is 4.74 Å². The van der Waals surface area contributed by atoms with Gasteiger partial charge in [-0.3, -0.25) is 9.59 Å². The summed E-state index contributed by atoms with van der Waals surface area (Å²) in [6.07, 6.45) is 0. The van der Waals surface area contributed by atoms with Gasteiger partial charge in [0.25, 0.3) is 11.8 Å². The molecule has 1 fully saturated rings. The van der Waals surface area contributed by atoms with Crippen molar-refractivity contribution in [3.05, 3.63) is 65.2 Å². The standard InChI is InChI=1S/C20H20F2N2O3/c1-14-4-2-3-5-18(14)27-13-19(25)23-8-10-24(11-9-23)20(26)15-6-7-16(21)17(22)12-15/h2-7,12H,8-11,13H2,1H3. The smallest absolute Gasteiger partial charge is 0.260 e. The molecule has 142 valence electrons. The van der Waals surface area contributed by atoms with E-state index in [0.29, 0.717) is 31.9 Å². The summed E-state index contributed by atoms with van der Waals surface area (Å²) in [5.41, 5.74) is 1.05. The average Bonchev–Trinajstić information content (AvgIpc) is 2.69. The first-order chi connectivity index (χ1) is 13.0. The number of halogens is 2. The van der Waals surface area contributed by atoms with E-state index in [1.54, 1.807) is 11.0 Å². The fourth-order valence-corrected chi connectivity index (χ4v) is 2.92. The molecule has 0 N–H and O–H groups in total. The number of nitrogens with zero attached hydrogens (tertiary/aromatic N) is 2. The lowest BCUT2D eigenvalue weighted by Gasteiger charge is -2.34. The summed E-state index contributed by atoms with van der Waals surface area (Å²) in [4.78, 5) is 27.9. The van der Waals surface area contributed by atoms with E-state index < -0.39 is 11.6 Å². The van der Waals surface area contributed by atoms with Gasteiger partial charge in [0.2, 0.25) is 0 Å². The predicted molar refractivity (Wildman–Crippen MR) is 95.5 cm³/mol. The molecule has 0 bridgehead atoms. The van der Waals surface area contributed by atoms with Crippen molar-refractivity contribution in [1.29, 1.82) is 0 Å². The molecule has 1 saturated heterocycles. The van der Waals surface area contributed by atoms with Crippen molar-refractivity contribution < 1.29 is 23.1 Å². The third-order valence-corrected chi connectivity index (χ3v) is 4.53. The quantitative estimate of drug-likeness (QED) is 0.827. The van der Waals surface area contributed by atoms with Crippen LogP contribution in [0.25, 0.3) is 0 Å². The molecule has 0 spiro atoms. The van der Waals surface area contributed by atoms with Crippen molar-refractivity contribution >= 4 is 11.8 Å². The zero-order chi connectivity index (χ0) is 19.4. The number of hydrogen-bond acceptors (Lipinski definition) is 3. The van der Waals surface area contributed by atoms with Crippen LogP contribution in [0.5, 0.6) is 5.75 Å². The molecular weight excluding hydrogens is 354 g/mol. The molecule has 0 saturated carbocycles. The Kier molecular flexibility index (Phi) is 5.69. The maximum atomic E-state index is 13.3. The van der Waals surface area contributed by atoms with Crippen molar-refractivity contribution in [2.24, 2.45) is 0 Å². The monoisotopic (exact) mass is 374 g/mol. The maximum absolute atomic E-state index is 13.3. The highest BCUT2D eigenvalue weighted by Gasteiger charge is 2.25. The highest BCUT2D eigenvalue weighted by molar-refractivity contribution is 5.94. The minimum absolute atomic E-state index is 0.0675. The van der Waals surface area contributed by atoms with Crippen LogP contribution in [0.2, 0.25) is 0 Å². The molecule has 2 aromatic carbocycles. The Morgan fingerprint density at radius 1 is 0.963 bits per heavy atom. The van der Waals surface area contributed by atoms with Crippen molar-refractivity contribution in [2.45, 2.75) is 6.92 Å². The van der Waals surface area contributed by atoms with E-state index in [1.807, 2.05) is 25.1 Å². The first-order valence-corrected chi connectivity index (χ1v) is 8.66. The summed E-state index contributed by atoms with van der Waals surface area (Å²) in [6, 6.07) is 10.5. The number of hydrogen-bond donors (Lipinski definition) is 0. The summed E-state index contributed by atoms with van der Waals surface area (Å²) in [7, 11) is 0. The van der Waals surface area contributed by atoms with Crippen LogP contribution in [0.4, 0.5) is 8.78 Å². The number of carbonyl (C=O) groups excluding carboxylic acids is 2. The van der Waals surface area contributed by atoms with Crippen LogP contribution in [-0.2, 0) is 4.79 Å². The Morgan fingerprint density at radius 2 is 1.63 bits per heavy atom. The Hall–Kier alpha value is -2.96. The number of carbonyl (C=O) groups is 2. The van der Waals surface area contributed by atoms with E-state index in [1.165, 1.54) is 11.0 Å². The minimum Gasteiger partial charge on any atom is -0.484 e. The molecule has 1 heterocycles. The number of aryl methyl sites for hydroxylation is 1. The second kappa shape index (κ2) is 8.16. The van der Waals surface area contributed by atoms with E-state index in [-0.39, 0.29) is 24.0 Å². The lowest BCUT2D eigenvalue weighted by Crippen LogP contribution is -2.51. The number of ether oxygens (including phenoxy) is 1. The number of piperazine rings is 1. The lowest BCUT2D eigenvalue weighted by molar-refractivity contribution is -0.134. The molecule has 0 aliphatic carbocycles.